The Bertz CT molecular complexity index is 1720. The number of ether oxygens (including phenoxy) is 2. The lowest BCUT2D eigenvalue weighted by atomic mass is 9.81. The van der Waals surface area contributed by atoms with Gasteiger partial charge in [-0.1, -0.05) is 13.3 Å². The summed E-state index contributed by atoms with van der Waals surface area (Å²) in [4.78, 5) is 59.6. The minimum Gasteiger partial charge on any atom is -0.496 e. The summed E-state index contributed by atoms with van der Waals surface area (Å²) in [6.07, 6.45) is 6.59. The summed E-state index contributed by atoms with van der Waals surface area (Å²) < 4.78 is 13.2. The highest BCUT2D eigenvalue weighted by Gasteiger charge is 2.41. The minimum absolute atomic E-state index is 0.0485. The average molecular weight is 726 g/mol. The number of carboxylic acid groups (broad SMARTS) is 1. The van der Waals surface area contributed by atoms with Crippen molar-refractivity contribution in [1.29, 1.82) is 0 Å². The Kier molecular flexibility index (Phi) is 12.6. The van der Waals surface area contributed by atoms with Crippen LogP contribution in [0.5, 0.6) is 11.5 Å². The number of nitrogens with one attached hydrogen (secondary N) is 2. The van der Waals surface area contributed by atoms with Crippen LogP contribution < -0.4 is 31.6 Å². The van der Waals surface area contributed by atoms with Gasteiger partial charge in [-0.25, -0.2) is 4.98 Å². The van der Waals surface area contributed by atoms with E-state index in [4.69, 9.17) is 31.1 Å². The molecule has 0 bridgehead atoms. The number of likely N-dealkylation sites (tertiary alicyclic amines) is 1. The fourth-order valence-electron chi connectivity index (χ4n) is 6.49. The van der Waals surface area contributed by atoms with Gasteiger partial charge >= 0.3 is 5.97 Å². The second-order valence-electron chi connectivity index (χ2n) is 13.0. The van der Waals surface area contributed by atoms with Crippen LogP contribution in [0.4, 0.5) is 11.8 Å². The number of imide groups is 1. The largest absolute Gasteiger partial charge is 0.496 e. The van der Waals surface area contributed by atoms with E-state index in [1.165, 1.54) is 4.90 Å². The Morgan fingerprint density at radius 2 is 1.82 bits per heavy atom. The smallest absolute Gasteiger partial charge is 0.321 e. The summed E-state index contributed by atoms with van der Waals surface area (Å²) >= 11 is 1.11. The number of nitrogens with zero attached hydrogens (tertiary/aromatic N) is 5. The number of nitrogens with two attached hydrogens (primary N) is 2. The van der Waals surface area contributed by atoms with E-state index in [0.717, 1.165) is 42.3 Å². The van der Waals surface area contributed by atoms with Gasteiger partial charge in [-0.15, -0.1) is 11.8 Å². The SMILES string of the molecule is CCCCNc1nc(N)nc2cn(Cc3c(OC)cc(CNC(=O)C4CCC(CN5C(=O)CC(SC[C@H](N)C(=O)O)C5=O)CC4)cc3OC)nc12. The van der Waals surface area contributed by atoms with Gasteiger partial charge < -0.3 is 36.7 Å². The number of aromatic nitrogens is 4. The van der Waals surface area contributed by atoms with Crippen LogP contribution >= 0.6 is 11.8 Å². The van der Waals surface area contributed by atoms with Crippen LogP contribution in [0.15, 0.2) is 18.3 Å². The summed E-state index contributed by atoms with van der Waals surface area (Å²) in [5, 5.41) is 19.5. The van der Waals surface area contributed by atoms with Crippen LogP contribution in [0.2, 0.25) is 0 Å². The number of anilines is 2. The first-order valence-corrected chi connectivity index (χ1v) is 18.3. The van der Waals surface area contributed by atoms with Crippen molar-refractivity contribution in [3.05, 3.63) is 29.5 Å². The number of carbonyl (C=O) groups is 4. The van der Waals surface area contributed by atoms with Crippen LogP contribution in [0.1, 0.15) is 63.0 Å². The van der Waals surface area contributed by atoms with Crippen LogP contribution in [0.3, 0.4) is 0 Å². The lowest BCUT2D eigenvalue weighted by Gasteiger charge is -2.30. The van der Waals surface area contributed by atoms with E-state index < -0.39 is 17.3 Å². The number of carbonyl (C=O) groups excluding carboxylic acids is 3. The van der Waals surface area contributed by atoms with Gasteiger partial charge in [0.25, 0.3) is 0 Å². The highest BCUT2D eigenvalue weighted by atomic mass is 32.2. The number of amides is 3. The number of methoxy groups -OCH3 is 2. The van der Waals surface area contributed by atoms with E-state index in [2.05, 4.69) is 27.5 Å². The third kappa shape index (κ3) is 9.18. The van der Waals surface area contributed by atoms with Crippen molar-refractivity contribution in [2.24, 2.45) is 17.6 Å². The van der Waals surface area contributed by atoms with Crippen molar-refractivity contribution in [3.8, 4) is 11.5 Å². The number of aliphatic carboxylic acids is 1. The lowest BCUT2D eigenvalue weighted by molar-refractivity contribution is -0.140. The molecule has 1 aromatic carbocycles. The number of hydrogen-bond donors (Lipinski definition) is 5. The molecule has 2 atom stereocenters. The van der Waals surface area contributed by atoms with Gasteiger partial charge in [0.1, 0.15) is 23.1 Å². The van der Waals surface area contributed by atoms with E-state index in [1.807, 2.05) is 12.1 Å². The molecule has 1 saturated carbocycles. The molecule has 3 aromatic rings. The Balaban J connectivity index is 1.15. The van der Waals surface area contributed by atoms with Gasteiger partial charge in [0.05, 0.1) is 37.8 Å². The molecule has 1 saturated heterocycles. The monoisotopic (exact) mass is 725 g/mol. The molecule has 2 aliphatic rings. The molecule has 17 heteroatoms. The molecule has 1 aliphatic carbocycles. The molecule has 0 spiro atoms. The molecule has 3 amide bonds. The lowest BCUT2D eigenvalue weighted by Crippen LogP contribution is -2.39. The standard InChI is InChI=1S/C34H47N9O7S/c1-4-5-10-37-30-29-24(39-34(36)40-30)17-42(41-29)16-22-25(49-2)11-20(12-26(22)50-3)14-38-31(45)21-8-6-19(7-9-21)15-43-28(44)13-27(32(43)46)51-18-23(35)33(47)48/h11-12,17,19,21,23,27H,4-10,13-16,18,35H2,1-3H3,(H,38,45)(H,47,48)(H3,36,37,39,40)/t19?,21?,23-,27?/m0/s1. The summed E-state index contributed by atoms with van der Waals surface area (Å²) in [6, 6.07) is 2.66. The van der Waals surface area contributed by atoms with Gasteiger partial charge in [-0.2, -0.15) is 10.1 Å². The maximum absolute atomic E-state index is 13.2. The third-order valence-electron chi connectivity index (χ3n) is 9.36. The van der Waals surface area contributed by atoms with Crippen molar-refractivity contribution in [2.75, 3.05) is 44.1 Å². The molecule has 1 unspecified atom stereocenters. The van der Waals surface area contributed by atoms with Crippen LogP contribution in [-0.4, -0.2) is 97.8 Å². The molecule has 7 N–H and O–H groups in total. The highest BCUT2D eigenvalue weighted by Crippen LogP contribution is 2.34. The molecule has 276 valence electrons. The fraction of sp³-hybridized carbons (Fsp3) is 0.559. The van der Waals surface area contributed by atoms with Crippen molar-refractivity contribution >= 4 is 58.3 Å². The summed E-state index contributed by atoms with van der Waals surface area (Å²) in [6.45, 7) is 3.78. The van der Waals surface area contributed by atoms with Gasteiger partial charge in [-0.3, -0.25) is 28.8 Å². The quantitative estimate of drug-likeness (QED) is 0.0994. The number of fused-ring (bicyclic) bond motifs is 1. The van der Waals surface area contributed by atoms with Crippen molar-refractivity contribution in [2.45, 2.75) is 76.3 Å². The van der Waals surface area contributed by atoms with E-state index in [9.17, 15) is 19.2 Å². The van der Waals surface area contributed by atoms with E-state index >= 15 is 0 Å². The zero-order valence-electron chi connectivity index (χ0n) is 29.2. The van der Waals surface area contributed by atoms with E-state index in [-0.39, 0.29) is 54.2 Å². The first kappa shape index (κ1) is 37.6. The van der Waals surface area contributed by atoms with Gasteiger partial charge in [0.15, 0.2) is 11.3 Å². The third-order valence-corrected chi connectivity index (χ3v) is 10.7. The number of hydrogen-bond acceptors (Lipinski definition) is 13. The number of nitrogen functional groups attached to an aromatic ring is 1. The van der Waals surface area contributed by atoms with Crippen LogP contribution in [-0.2, 0) is 32.3 Å². The zero-order chi connectivity index (χ0) is 36.7. The number of unbranched alkanes of at least 4 members (excludes halogenated alkanes) is 1. The molecule has 51 heavy (non-hydrogen) atoms. The fourth-order valence-corrected chi connectivity index (χ4v) is 7.60. The molecular weight excluding hydrogens is 678 g/mol. The first-order chi connectivity index (χ1) is 24.5. The predicted molar refractivity (Wildman–Crippen MR) is 192 cm³/mol. The molecule has 2 aromatic heterocycles. The molecule has 5 rings (SSSR count). The molecule has 1 aliphatic heterocycles. The topological polar surface area (TPSA) is 230 Å². The number of rotatable bonds is 17. The summed E-state index contributed by atoms with van der Waals surface area (Å²) in [7, 11) is 3.16. The van der Waals surface area contributed by atoms with Gasteiger partial charge in [0.2, 0.25) is 23.7 Å². The van der Waals surface area contributed by atoms with Gasteiger partial charge in [0, 0.05) is 37.7 Å². The van der Waals surface area contributed by atoms with Crippen molar-refractivity contribution < 1.29 is 33.8 Å². The van der Waals surface area contributed by atoms with Gasteiger partial charge in [-0.05, 0) is 55.7 Å². The number of carboxylic acids is 1. The minimum atomic E-state index is -1.14. The van der Waals surface area contributed by atoms with Crippen LogP contribution in [0, 0.1) is 11.8 Å². The highest BCUT2D eigenvalue weighted by molar-refractivity contribution is 8.00. The van der Waals surface area contributed by atoms with E-state index in [1.54, 1.807) is 25.1 Å². The first-order valence-electron chi connectivity index (χ1n) is 17.2. The Morgan fingerprint density at radius 3 is 2.47 bits per heavy atom. The Hall–Kier alpha value is -4.64. The van der Waals surface area contributed by atoms with Crippen molar-refractivity contribution in [1.82, 2.24) is 30.0 Å². The normalized spacial score (nSPS) is 19.7. The Morgan fingerprint density at radius 1 is 1.12 bits per heavy atom. The summed E-state index contributed by atoms with van der Waals surface area (Å²) in [5.41, 5.74) is 14.3. The van der Waals surface area contributed by atoms with E-state index in [0.29, 0.717) is 67.1 Å². The molecule has 3 heterocycles. The second-order valence-corrected chi connectivity index (χ2v) is 14.2. The Labute approximate surface area is 300 Å². The molecule has 0 radical (unpaired) electrons. The van der Waals surface area contributed by atoms with Crippen molar-refractivity contribution in [3.63, 3.8) is 0 Å². The molecular formula is C34H47N9O7S. The average Bonchev–Trinajstić information content (AvgIpc) is 3.64. The summed E-state index contributed by atoms with van der Waals surface area (Å²) in [5.74, 6) is 0.173. The molecule has 16 nitrogen and oxygen atoms in total. The molecule has 2 fully saturated rings. The number of benzene rings is 1. The zero-order valence-corrected chi connectivity index (χ0v) is 30.0. The maximum Gasteiger partial charge on any atom is 0.321 e. The number of thioether (sulfide) groups is 1. The van der Waals surface area contributed by atoms with Crippen LogP contribution in [0.25, 0.3) is 11.0 Å². The maximum atomic E-state index is 13.2. The predicted octanol–water partition coefficient (Wildman–Crippen LogP) is 2.38. The second kappa shape index (κ2) is 17.0.